The van der Waals surface area contributed by atoms with E-state index in [1.807, 2.05) is 12.1 Å². The van der Waals surface area contributed by atoms with Crippen molar-refractivity contribution in [3.05, 3.63) is 47.5 Å². The maximum Gasteiger partial charge on any atom is 0.137 e. The van der Waals surface area contributed by atoms with Crippen LogP contribution in [0.25, 0.3) is 0 Å². The predicted molar refractivity (Wildman–Crippen MR) is 95.9 cm³/mol. The zero-order chi connectivity index (χ0) is 17.0. The molecule has 0 spiro atoms. The molecule has 1 saturated carbocycles. The molecule has 0 aliphatic heterocycles. The highest BCUT2D eigenvalue weighted by molar-refractivity contribution is 6.30. The molecule has 0 amide bonds. The first-order valence-corrected chi connectivity index (χ1v) is 9.29. The molecule has 24 heavy (non-hydrogen) atoms. The van der Waals surface area contributed by atoms with Crippen molar-refractivity contribution in [1.82, 2.24) is 14.8 Å². The predicted octanol–water partition coefficient (Wildman–Crippen LogP) is 4.12. The summed E-state index contributed by atoms with van der Waals surface area (Å²) < 4.78 is 1.78. The Hall–Kier alpha value is -1.39. The molecule has 2 aromatic rings. The summed E-state index contributed by atoms with van der Waals surface area (Å²) in [6, 6.07) is 7.99. The van der Waals surface area contributed by atoms with E-state index in [4.69, 9.17) is 11.6 Å². The molecule has 1 fully saturated rings. The van der Waals surface area contributed by atoms with Gasteiger partial charge in [0.15, 0.2) is 0 Å². The summed E-state index contributed by atoms with van der Waals surface area (Å²) in [7, 11) is 0. The first-order chi connectivity index (χ1) is 11.6. The number of aromatic nitrogens is 3. The quantitative estimate of drug-likeness (QED) is 0.819. The summed E-state index contributed by atoms with van der Waals surface area (Å²) >= 11 is 5.99. The zero-order valence-electron chi connectivity index (χ0n) is 14.2. The highest BCUT2D eigenvalue weighted by atomic mass is 35.5. The summed E-state index contributed by atoms with van der Waals surface area (Å²) in [4.78, 5) is 4.03. The Morgan fingerprint density at radius 3 is 2.67 bits per heavy atom. The SMILES string of the molecule is CCCC[C@H]1CC[C@@H](Cc2ccc(Cl)cc2)[C@]1(O)Cn1cncn1. The van der Waals surface area contributed by atoms with E-state index in [0.717, 1.165) is 43.5 Å². The van der Waals surface area contributed by atoms with Crippen LogP contribution in [0.2, 0.25) is 5.02 Å². The number of aliphatic hydroxyl groups is 1. The average molecular weight is 348 g/mol. The van der Waals surface area contributed by atoms with Gasteiger partial charge in [0.05, 0.1) is 12.1 Å². The third-order valence-corrected chi connectivity index (χ3v) is 5.71. The van der Waals surface area contributed by atoms with Gasteiger partial charge in [-0.1, -0.05) is 43.5 Å². The Labute approximate surface area is 148 Å². The summed E-state index contributed by atoms with van der Waals surface area (Å²) in [5, 5.41) is 16.6. The molecule has 0 unspecified atom stereocenters. The lowest BCUT2D eigenvalue weighted by Gasteiger charge is -2.35. The zero-order valence-corrected chi connectivity index (χ0v) is 15.0. The molecule has 0 saturated heterocycles. The average Bonchev–Trinajstić information content (AvgIpc) is 3.17. The van der Waals surface area contributed by atoms with Gasteiger partial charge in [-0.05, 0) is 55.2 Å². The second-order valence-electron chi connectivity index (χ2n) is 7.03. The Bertz CT molecular complexity index is 629. The van der Waals surface area contributed by atoms with E-state index in [1.54, 1.807) is 11.0 Å². The minimum Gasteiger partial charge on any atom is -0.387 e. The van der Waals surface area contributed by atoms with E-state index in [0.29, 0.717) is 12.5 Å². The van der Waals surface area contributed by atoms with Crippen molar-refractivity contribution in [1.29, 1.82) is 0 Å². The van der Waals surface area contributed by atoms with Gasteiger partial charge >= 0.3 is 0 Å². The molecule has 1 aliphatic carbocycles. The third-order valence-electron chi connectivity index (χ3n) is 5.46. The summed E-state index contributed by atoms with van der Waals surface area (Å²) in [6.07, 6.45) is 9.67. The van der Waals surface area contributed by atoms with Crippen molar-refractivity contribution >= 4 is 11.6 Å². The van der Waals surface area contributed by atoms with Gasteiger partial charge in [-0.3, -0.25) is 4.68 Å². The van der Waals surface area contributed by atoms with Crippen LogP contribution in [-0.2, 0) is 13.0 Å². The van der Waals surface area contributed by atoms with E-state index in [2.05, 4.69) is 29.1 Å². The summed E-state index contributed by atoms with van der Waals surface area (Å²) in [5.41, 5.74) is 0.514. The van der Waals surface area contributed by atoms with Crippen molar-refractivity contribution in [2.45, 2.75) is 57.6 Å². The number of benzene rings is 1. The van der Waals surface area contributed by atoms with Crippen LogP contribution >= 0.6 is 11.6 Å². The van der Waals surface area contributed by atoms with Gasteiger partial charge in [0.1, 0.15) is 12.7 Å². The van der Waals surface area contributed by atoms with Crippen LogP contribution in [0.5, 0.6) is 0 Å². The number of halogens is 1. The first-order valence-electron chi connectivity index (χ1n) is 8.91. The topological polar surface area (TPSA) is 50.9 Å². The van der Waals surface area contributed by atoms with Crippen molar-refractivity contribution in [3.8, 4) is 0 Å². The molecule has 1 aromatic heterocycles. The minimum atomic E-state index is -0.720. The highest BCUT2D eigenvalue weighted by Gasteiger charge is 2.48. The van der Waals surface area contributed by atoms with Crippen LogP contribution in [0.3, 0.4) is 0 Å². The molecule has 3 rings (SSSR count). The van der Waals surface area contributed by atoms with Crippen LogP contribution in [0.1, 0.15) is 44.6 Å². The number of hydrogen-bond acceptors (Lipinski definition) is 3. The van der Waals surface area contributed by atoms with E-state index in [1.165, 1.54) is 11.9 Å². The Morgan fingerprint density at radius 2 is 2.00 bits per heavy atom. The monoisotopic (exact) mass is 347 g/mol. The van der Waals surface area contributed by atoms with Crippen LogP contribution in [0.15, 0.2) is 36.9 Å². The standard InChI is InChI=1S/C19H26ClN3O/c1-2-3-4-16-7-8-17(11-15-5-9-18(20)10-6-15)19(16,24)12-23-14-21-13-22-23/h5-6,9-10,13-14,16-17,24H,2-4,7-8,11-12H2,1H3/t16-,17-,19-/m0/s1. The third kappa shape index (κ3) is 3.81. The highest BCUT2D eigenvalue weighted by Crippen LogP contribution is 2.45. The van der Waals surface area contributed by atoms with E-state index in [-0.39, 0.29) is 5.92 Å². The Balaban J connectivity index is 1.79. The van der Waals surface area contributed by atoms with Crippen molar-refractivity contribution in [2.75, 3.05) is 0 Å². The van der Waals surface area contributed by atoms with Gasteiger partial charge in [-0.25, -0.2) is 4.98 Å². The van der Waals surface area contributed by atoms with E-state index < -0.39 is 5.60 Å². The molecular weight excluding hydrogens is 322 g/mol. The smallest absolute Gasteiger partial charge is 0.137 e. The van der Waals surface area contributed by atoms with Gasteiger partial charge in [0.25, 0.3) is 0 Å². The lowest BCUT2D eigenvalue weighted by atomic mass is 9.79. The minimum absolute atomic E-state index is 0.240. The van der Waals surface area contributed by atoms with E-state index in [9.17, 15) is 5.11 Å². The second kappa shape index (κ2) is 7.66. The van der Waals surface area contributed by atoms with Crippen LogP contribution < -0.4 is 0 Å². The van der Waals surface area contributed by atoms with Gasteiger partial charge in [0.2, 0.25) is 0 Å². The number of nitrogens with zero attached hydrogens (tertiary/aromatic N) is 3. The Kier molecular flexibility index (Phi) is 5.57. The number of unbranched alkanes of at least 4 members (excludes halogenated alkanes) is 1. The molecule has 0 bridgehead atoms. The van der Waals surface area contributed by atoms with Gasteiger partial charge < -0.3 is 5.11 Å². The van der Waals surface area contributed by atoms with Crippen LogP contribution in [0.4, 0.5) is 0 Å². The molecular formula is C19H26ClN3O. The van der Waals surface area contributed by atoms with Crippen molar-refractivity contribution in [3.63, 3.8) is 0 Å². The van der Waals surface area contributed by atoms with Gasteiger partial charge in [-0.2, -0.15) is 5.10 Å². The largest absolute Gasteiger partial charge is 0.387 e. The molecule has 1 N–H and O–H groups in total. The summed E-state index contributed by atoms with van der Waals surface area (Å²) in [5.74, 6) is 0.573. The second-order valence-corrected chi connectivity index (χ2v) is 7.46. The Morgan fingerprint density at radius 1 is 1.25 bits per heavy atom. The molecule has 0 radical (unpaired) electrons. The molecule has 1 aliphatic rings. The maximum atomic E-state index is 11.6. The molecule has 1 aromatic carbocycles. The first kappa shape index (κ1) is 17.4. The maximum absolute atomic E-state index is 11.6. The fraction of sp³-hybridized carbons (Fsp3) is 0.579. The number of hydrogen-bond donors (Lipinski definition) is 1. The fourth-order valence-electron chi connectivity index (χ4n) is 4.10. The van der Waals surface area contributed by atoms with Gasteiger partial charge in [0, 0.05) is 5.02 Å². The van der Waals surface area contributed by atoms with Gasteiger partial charge in [-0.15, -0.1) is 0 Å². The molecule has 4 nitrogen and oxygen atoms in total. The molecule has 1 heterocycles. The van der Waals surface area contributed by atoms with Crippen LogP contribution in [-0.4, -0.2) is 25.5 Å². The number of rotatable bonds is 7. The molecule has 3 atom stereocenters. The molecule has 130 valence electrons. The lowest BCUT2D eigenvalue weighted by Crippen LogP contribution is -2.45. The normalized spacial score (nSPS) is 26.8. The summed E-state index contributed by atoms with van der Waals surface area (Å²) in [6.45, 7) is 2.73. The lowest BCUT2D eigenvalue weighted by molar-refractivity contribution is -0.0563. The van der Waals surface area contributed by atoms with E-state index >= 15 is 0 Å². The van der Waals surface area contributed by atoms with Crippen molar-refractivity contribution < 1.29 is 5.11 Å². The van der Waals surface area contributed by atoms with Crippen LogP contribution in [0, 0.1) is 11.8 Å². The fourth-order valence-corrected chi connectivity index (χ4v) is 4.22. The van der Waals surface area contributed by atoms with Crippen molar-refractivity contribution in [2.24, 2.45) is 11.8 Å². The molecule has 5 heteroatoms.